The first-order valence-corrected chi connectivity index (χ1v) is 4.71. The van der Waals surface area contributed by atoms with Gasteiger partial charge in [-0.25, -0.2) is 4.98 Å². The van der Waals surface area contributed by atoms with Gasteiger partial charge in [0.2, 0.25) is 5.65 Å². The Hall–Kier alpha value is -2.50. The van der Waals surface area contributed by atoms with Crippen LogP contribution in [-0.2, 0) is 0 Å². The SMILES string of the molecule is O=c1[nH]c(-c2ccccc2)nc2n[nH]nc12. The van der Waals surface area contributed by atoms with Gasteiger partial charge in [-0.1, -0.05) is 30.3 Å². The molecule has 0 amide bonds. The van der Waals surface area contributed by atoms with E-state index in [9.17, 15) is 4.79 Å². The minimum absolute atomic E-state index is 0.222. The molecule has 78 valence electrons. The maximum absolute atomic E-state index is 11.6. The van der Waals surface area contributed by atoms with E-state index in [0.717, 1.165) is 5.56 Å². The largest absolute Gasteiger partial charge is 0.304 e. The lowest BCUT2D eigenvalue weighted by Crippen LogP contribution is -2.09. The van der Waals surface area contributed by atoms with E-state index in [1.165, 1.54) is 0 Å². The van der Waals surface area contributed by atoms with E-state index in [1.54, 1.807) is 0 Å². The number of aromatic amines is 2. The van der Waals surface area contributed by atoms with Crippen molar-refractivity contribution in [1.29, 1.82) is 0 Å². The molecule has 0 bridgehead atoms. The van der Waals surface area contributed by atoms with Crippen LogP contribution in [0.25, 0.3) is 22.6 Å². The van der Waals surface area contributed by atoms with Crippen LogP contribution < -0.4 is 5.56 Å². The van der Waals surface area contributed by atoms with E-state index in [0.29, 0.717) is 11.5 Å². The lowest BCUT2D eigenvalue weighted by Gasteiger charge is -1.98. The summed E-state index contributed by atoms with van der Waals surface area (Å²) >= 11 is 0. The zero-order valence-corrected chi connectivity index (χ0v) is 8.14. The van der Waals surface area contributed by atoms with Gasteiger partial charge in [0.25, 0.3) is 5.56 Å². The van der Waals surface area contributed by atoms with Crippen LogP contribution in [0.4, 0.5) is 0 Å². The van der Waals surface area contributed by atoms with Gasteiger partial charge in [-0.2, -0.15) is 5.21 Å². The van der Waals surface area contributed by atoms with Gasteiger partial charge in [0.1, 0.15) is 5.82 Å². The Morgan fingerprint density at radius 3 is 2.69 bits per heavy atom. The second-order valence-electron chi connectivity index (χ2n) is 3.28. The average molecular weight is 213 g/mol. The molecule has 6 nitrogen and oxygen atoms in total. The summed E-state index contributed by atoms with van der Waals surface area (Å²) < 4.78 is 0. The van der Waals surface area contributed by atoms with Gasteiger partial charge >= 0.3 is 0 Å². The summed E-state index contributed by atoms with van der Waals surface area (Å²) in [7, 11) is 0. The van der Waals surface area contributed by atoms with Crippen molar-refractivity contribution in [3.8, 4) is 11.4 Å². The van der Waals surface area contributed by atoms with Gasteiger partial charge in [-0.15, -0.1) is 10.2 Å². The van der Waals surface area contributed by atoms with Crippen molar-refractivity contribution < 1.29 is 0 Å². The Morgan fingerprint density at radius 1 is 1.06 bits per heavy atom. The van der Waals surface area contributed by atoms with Gasteiger partial charge < -0.3 is 4.98 Å². The molecule has 0 atom stereocenters. The predicted octanol–water partition coefficient (Wildman–Crippen LogP) is 0.708. The molecule has 3 aromatic rings. The lowest BCUT2D eigenvalue weighted by molar-refractivity contribution is 0.954. The van der Waals surface area contributed by atoms with Gasteiger partial charge in [0.15, 0.2) is 5.52 Å². The highest BCUT2D eigenvalue weighted by atomic mass is 16.1. The van der Waals surface area contributed by atoms with Crippen LogP contribution in [0.3, 0.4) is 0 Å². The summed E-state index contributed by atoms with van der Waals surface area (Å²) in [6, 6.07) is 9.38. The van der Waals surface area contributed by atoms with Crippen LogP contribution in [0.2, 0.25) is 0 Å². The monoisotopic (exact) mass is 213 g/mol. The van der Waals surface area contributed by atoms with Crippen LogP contribution in [0, 0.1) is 0 Å². The van der Waals surface area contributed by atoms with Crippen LogP contribution in [0.5, 0.6) is 0 Å². The molecular weight excluding hydrogens is 206 g/mol. The van der Waals surface area contributed by atoms with E-state index < -0.39 is 0 Å². The standard InChI is InChI=1S/C10H7N5O/c16-10-7-9(14-15-13-7)11-8(12-10)6-4-2-1-3-5-6/h1-5H,(H2,11,12,13,14,15,16). The van der Waals surface area contributed by atoms with Gasteiger partial charge in [0, 0.05) is 5.56 Å². The van der Waals surface area contributed by atoms with E-state index in [4.69, 9.17) is 0 Å². The quantitative estimate of drug-likeness (QED) is 0.623. The average Bonchev–Trinajstić information content (AvgIpc) is 2.79. The molecule has 0 aliphatic carbocycles. The number of hydrogen-bond acceptors (Lipinski definition) is 4. The molecule has 2 heterocycles. The highest BCUT2D eigenvalue weighted by Gasteiger charge is 2.07. The summed E-state index contributed by atoms with van der Waals surface area (Å²) in [5.74, 6) is 0.493. The van der Waals surface area contributed by atoms with Gasteiger partial charge in [-0.3, -0.25) is 4.79 Å². The lowest BCUT2D eigenvalue weighted by atomic mass is 10.2. The number of fused-ring (bicyclic) bond motifs is 1. The van der Waals surface area contributed by atoms with Crippen LogP contribution in [-0.4, -0.2) is 25.4 Å². The van der Waals surface area contributed by atoms with Crippen LogP contribution in [0.15, 0.2) is 35.1 Å². The maximum atomic E-state index is 11.6. The second-order valence-corrected chi connectivity index (χ2v) is 3.28. The molecule has 6 heteroatoms. The van der Waals surface area contributed by atoms with Crippen molar-refractivity contribution in [2.45, 2.75) is 0 Å². The van der Waals surface area contributed by atoms with E-state index in [-0.39, 0.29) is 11.1 Å². The van der Waals surface area contributed by atoms with E-state index in [2.05, 4.69) is 25.4 Å². The molecular formula is C10H7N5O. The summed E-state index contributed by atoms with van der Waals surface area (Å²) in [5, 5.41) is 9.88. The molecule has 0 fully saturated rings. The number of benzene rings is 1. The van der Waals surface area contributed by atoms with Crippen molar-refractivity contribution >= 4 is 11.2 Å². The smallest absolute Gasteiger partial charge is 0.281 e. The first-order chi connectivity index (χ1) is 7.84. The van der Waals surface area contributed by atoms with Crippen molar-refractivity contribution in [3.63, 3.8) is 0 Å². The third-order valence-corrected chi connectivity index (χ3v) is 2.24. The molecule has 3 rings (SSSR count). The number of nitrogens with zero attached hydrogens (tertiary/aromatic N) is 3. The Labute approximate surface area is 89.4 Å². The topological polar surface area (TPSA) is 87.3 Å². The zero-order chi connectivity index (χ0) is 11.0. The summed E-state index contributed by atoms with van der Waals surface area (Å²) in [6.07, 6.45) is 0. The van der Waals surface area contributed by atoms with Gasteiger partial charge in [-0.05, 0) is 0 Å². The van der Waals surface area contributed by atoms with Crippen molar-refractivity contribution in [3.05, 3.63) is 40.7 Å². The minimum Gasteiger partial charge on any atom is -0.304 e. The molecule has 2 N–H and O–H groups in total. The number of aromatic nitrogens is 5. The van der Waals surface area contributed by atoms with E-state index in [1.807, 2.05) is 30.3 Å². The fourth-order valence-electron chi connectivity index (χ4n) is 1.49. The van der Waals surface area contributed by atoms with Crippen LogP contribution >= 0.6 is 0 Å². The molecule has 0 unspecified atom stereocenters. The third-order valence-electron chi connectivity index (χ3n) is 2.24. The predicted molar refractivity (Wildman–Crippen MR) is 57.7 cm³/mol. The Bertz CT molecular complexity index is 685. The number of hydrogen-bond donors (Lipinski definition) is 2. The maximum Gasteiger partial charge on any atom is 0.281 e. The molecule has 16 heavy (non-hydrogen) atoms. The van der Waals surface area contributed by atoms with Gasteiger partial charge in [0.05, 0.1) is 0 Å². The number of rotatable bonds is 1. The summed E-state index contributed by atoms with van der Waals surface area (Å²) in [5.41, 5.74) is 1.09. The molecule has 1 aromatic carbocycles. The Morgan fingerprint density at radius 2 is 1.88 bits per heavy atom. The van der Waals surface area contributed by atoms with Crippen molar-refractivity contribution in [2.24, 2.45) is 0 Å². The Kier molecular flexibility index (Phi) is 1.79. The minimum atomic E-state index is -0.294. The first kappa shape index (κ1) is 8.78. The van der Waals surface area contributed by atoms with Crippen molar-refractivity contribution in [1.82, 2.24) is 25.4 Å². The molecule has 0 saturated heterocycles. The van der Waals surface area contributed by atoms with E-state index >= 15 is 0 Å². The second kappa shape index (κ2) is 3.27. The molecule has 0 saturated carbocycles. The normalized spacial score (nSPS) is 10.8. The Balaban J connectivity index is 2.30. The fourth-order valence-corrected chi connectivity index (χ4v) is 1.49. The molecule has 0 spiro atoms. The number of nitrogens with one attached hydrogen (secondary N) is 2. The highest BCUT2D eigenvalue weighted by molar-refractivity contribution is 5.70. The number of H-pyrrole nitrogens is 2. The van der Waals surface area contributed by atoms with Crippen LogP contribution in [0.1, 0.15) is 0 Å². The van der Waals surface area contributed by atoms with Crippen molar-refractivity contribution in [2.75, 3.05) is 0 Å². The first-order valence-electron chi connectivity index (χ1n) is 4.71. The molecule has 0 radical (unpaired) electrons. The third kappa shape index (κ3) is 1.28. The summed E-state index contributed by atoms with van der Waals surface area (Å²) in [6.45, 7) is 0. The molecule has 0 aliphatic rings. The zero-order valence-electron chi connectivity index (χ0n) is 8.14. The molecule has 2 aromatic heterocycles. The molecule has 0 aliphatic heterocycles. The highest BCUT2D eigenvalue weighted by Crippen LogP contribution is 2.13. The fraction of sp³-hybridized carbons (Fsp3) is 0. The summed E-state index contributed by atoms with van der Waals surface area (Å²) in [4.78, 5) is 18.5.